The monoisotopic (exact) mass is 535 g/mol. The number of fused-ring (bicyclic) bond motifs is 1. The van der Waals surface area contributed by atoms with Gasteiger partial charge in [0.1, 0.15) is 17.0 Å². The lowest BCUT2D eigenvalue weighted by Gasteiger charge is -2.18. The van der Waals surface area contributed by atoms with Crippen molar-refractivity contribution in [3.8, 4) is 11.4 Å². The van der Waals surface area contributed by atoms with Gasteiger partial charge in [-0.15, -0.1) is 0 Å². The summed E-state index contributed by atoms with van der Waals surface area (Å²) in [6, 6.07) is 5.83. The Hall–Kier alpha value is -3.64. The Bertz CT molecular complexity index is 1580. The van der Waals surface area contributed by atoms with E-state index >= 15 is 0 Å². The number of amides is 1. The molecule has 0 aliphatic rings. The summed E-state index contributed by atoms with van der Waals surface area (Å²) in [6.45, 7) is 1.57. The number of carbonyl (C=O) groups excluding carboxylic acids is 1. The number of aromatic nitrogens is 4. The van der Waals surface area contributed by atoms with Gasteiger partial charge >= 0.3 is 5.38 Å². The molecule has 4 aromatic rings. The van der Waals surface area contributed by atoms with E-state index in [2.05, 4.69) is 25.3 Å². The lowest BCUT2D eigenvalue weighted by molar-refractivity contribution is 0.0925. The summed E-state index contributed by atoms with van der Waals surface area (Å²) in [5, 5.41) is -1.29. The average molecular weight is 536 g/mol. The van der Waals surface area contributed by atoms with Crippen molar-refractivity contribution in [2.45, 2.75) is 23.2 Å². The van der Waals surface area contributed by atoms with E-state index in [9.17, 15) is 26.4 Å². The Balaban J connectivity index is 1.76. The molecule has 186 valence electrons. The minimum atomic E-state index is -3.93. The van der Waals surface area contributed by atoms with Crippen LogP contribution in [0, 0.1) is 5.82 Å². The van der Waals surface area contributed by atoms with Gasteiger partial charge in [-0.2, -0.15) is 8.78 Å². The molecule has 36 heavy (non-hydrogen) atoms. The van der Waals surface area contributed by atoms with Crippen LogP contribution in [0.4, 0.5) is 13.2 Å². The van der Waals surface area contributed by atoms with Crippen LogP contribution in [0.25, 0.3) is 22.4 Å². The molecule has 0 unspecified atom stereocenters. The zero-order chi connectivity index (χ0) is 26.3. The summed E-state index contributed by atoms with van der Waals surface area (Å²) in [5.74, 6) is -1.42. The van der Waals surface area contributed by atoms with Gasteiger partial charge in [-0.3, -0.25) is 14.8 Å². The fraction of sp³-hybridized carbons (Fsp3) is 0.174. The Morgan fingerprint density at radius 1 is 1.08 bits per heavy atom. The van der Waals surface area contributed by atoms with E-state index in [1.807, 2.05) is 0 Å². The molecule has 0 aliphatic carbocycles. The van der Waals surface area contributed by atoms with Crippen molar-refractivity contribution in [3.63, 3.8) is 0 Å². The maximum absolute atomic E-state index is 13.8. The Kier molecular flexibility index (Phi) is 6.67. The van der Waals surface area contributed by atoms with Crippen LogP contribution in [0.15, 0.2) is 59.9 Å². The first-order valence-corrected chi connectivity index (χ1v) is 12.6. The molecule has 0 radical (unpaired) electrons. The number of hydrogen-bond acceptors (Lipinski definition) is 7. The van der Waals surface area contributed by atoms with Gasteiger partial charge in [0.05, 0.1) is 40.2 Å². The van der Waals surface area contributed by atoms with Crippen LogP contribution in [0.1, 0.15) is 34.6 Å². The fourth-order valence-corrected chi connectivity index (χ4v) is 4.17. The highest BCUT2D eigenvalue weighted by Crippen LogP contribution is 2.34. The Labute approximate surface area is 208 Å². The minimum absolute atomic E-state index is 0.237. The second-order valence-electron chi connectivity index (χ2n) is 7.89. The molecule has 0 saturated carbocycles. The second-order valence-corrected chi connectivity index (χ2v) is 10.4. The first-order chi connectivity index (χ1) is 16.8. The van der Waals surface area contributed by atoms with E-state index < -0.39 is 43.4 Å². The van der Waals surface area contributed by atoms with Gasteiger partial charge in [0.15, 0.2) is 9.84 Å². The fourth-order valence-electron chi connectivity index (χ4n) is 3.38. The van der Waals surface area contributed by atoms with E-state index in [4.69, 9.17) is 11.6 Å². The molecular weight excluding hydrogens is 519 g/mol. The van der Waals surface area contributed by atoms with Crippen LogP contribution < -0.4 is 5.32 Å². The predicted molar refractivity (Wildman–Crippen MR) is 126 cm³/mol. The highest BCUT2D eigenvalue weighted by atomic mass is 35.5. The molecule has 1 atom stereocenters. The van der Waals surface area contributed by atoms with E-state index in [1.54, 1.807) is 13.0 Å². The number of nitrogens with zero attached hydrogens (tertiary/aromatic N) is 4. The van der Waals surface area contributed by atoms with E-state index in [0.717, 1.165) is 24.6 Å². The molecule has 0 bridgehead atoms. The molecule has 1 N–H and O–H groups in total. The molecule has 0 saturated heterocycles. The van der Waals surface area contributed by atoms with Crippen molar-refractivity contribution in [1.82, 2.24) is 25.3 Å². The highest BCUT2D eigenvalue weighted by molar-refractivity contribution is 7.90. The number of rotatable bonds is 6. The molecule has 0 aliphatic heterocycles. The van der Waals surface area contributed by atoms with Gasteiger partial charge in [-0.05, 0) is 54.9 Å². The number of halogens is 4. The van der Waals surface area contributed by atoms with Crippen LogP contribution in [0.3, 0.4) is 0 Å². The number of sulfone groups is 1. The van der Waals surface area contributed by atoms with Crippen LogP contribution in [-0.4, -0.2) is 40.5 Å². The lowest BCUT2D eigenvalue weighted by atomic mass is 10.1. The van der Waals surface area contributed by atoms with Crippen molar-refractivity contribution >= 4 is 38.4 Å². The zero-order valence-electron chi connectivity index (χ0n) is 18.7. The van der Waals surface area contributed by atoms with Gasteiger partial charge in [0, 0.05) is 23.6 Å². The van der Waals surface area contributed by atoms with E-state index in [-0.39, 0.29) is 22.6 Å². The molecule has 8 nitrogen and oxygen atoms in total. The van der Waals surface area contributed by atoms with Gasteiger partial charge in [0.2, 0.25) is 0 Å². The van der Waals surface area contributed by atoms with E-state index in [0.29, 0.717) is 17.1 Å². The first kappa shape index (κ1) is 25.5. The SMILES string of the molecule is C[C@H](NC(=O)c1cc(C(F)(F)Cl)cc(S(C)(=O)=O)c1)c1nc2ccncc2nc1-c1ccc(F)cn1. The van der Waals surface area contributed by atoms with Crippen LogP contribution in [0.2, 0.25) is 0 Å². The summed E-state index contributed by atoms with van der Waals surface area (Å²) < 4.78 is 65.0. The van der Waals surface area contributed by atoms with Crippen LogP contribution >= 0.6 is 11.6 Å². The normalized spacial score (nSPS) is 12.9. The van der Waals surface area contributed by atoms with Crippen LogP contribution in [-0.2, 0) is 15.2 Å². The van der Waals surface area contributed by atoms with Gasteiger partial charge in [-0.25, -0.2) is 22.8 Å². The second kappa shape index (κ2) is 9.43. The molecule has 3 heterocycles. The third kappa shape index (κ3) is 5.44. The quantitative estimate of drug-likeness (QED) is 0.364. The van der Waals surface area contributed by atoms with Crippen molar-refractivity contribution in [2.24, 2.45) is 0 Å². The Morgan fingerprint density at radius 3 is 2.47 bits per heavy atom. The summed E-state index contributed by atoms with van der Waals surface area (Å²) >= 11 is 5.10. The molecule has 1 aromatic carbocycles. The third-order valence-corrected chi connectivity index (χ3v) is 6.46. The molecule has 1 amide bonds. The summed E-state index contributed by atoms with van der Waals surface area (Å²) in [7, 11) is -3.93. The van der Waals surface area contributed by atoms with E-state index in [1.165, 1.54) is 24.5 Å². The van der Waals surface area contributed by atoms with Gasteiger partial charge < -0.3 is 5.32 Å². The van der Waals surface area contributed by atoms with Gasteiger partial charge in [-0.1, -0.05) is 0 Å². The highest BCUT2D eigenvalue weighted by Gasteiger charge is 2.31. The lowest BCUT2D eigenvalue weighted by Crippen LogP contribution is -2.28. The molecule has 0 fully saturated rings. The number of hydrogen-bond donors (Lipinski definition) is 1. The standard InChI is InChI=1S/C23H17ClF3N5O3S/c1-12(30-22(33)13-7-14(23(24,26)27)9-16(8-13)36(2,34)35)20-21(18-4-3-15(25)10-29-18)32-19-11-28-6-5-17(19)31-20/h3-12H,1-2H3,(H,30,33)/t12-/m0/s1. The molecule has 13 heteroatoms. The first-order valence-electron chi connectivity index (χ1n) is 10.3. The predicted octanol–water partition coefficient (Wildman–Crippen LogP) is 4.41. The summed E-state index contributed by atoms with van der Waals surface area (Å²) in [5.41, 5.74) is 0.447. The Morgan fingerprint density at radius 2 is 1.83 bits per heavy atom. The smallest absolute Gasteiger partial charge is 0.344 e. The number of alkyl halides is 3. The largest absolute Gasteiger partial charge is 0.348 e. The number of carbonyl (C=O) groups is 1. The summed E-state index contributed by atoms with van der Waals surface area (Å²) in [6.07, 6.45) is 4.81. The van der Waals surface area contributed by atoms with Crippen molar-refractivity contribution in [2.75, 3.05) is 6.26 Å². The van der Waals surface area contributed by atoms with Crippen LogP contribution in [0.5, 0.6) is 0 Å². The van der Waals surface area contributed by atoms with Crippen molar-refractivity contribution in [3.05, 3.63) is 77.6 Å². The van der Waals surface area contributed by atoms with Gasteiger partial charge in [0.25, 0.3) is 5.91 Å². The van der Waals surface area contributed by atoms with Crippen molar-refractivity contribution in [1.29, 1.82) is 0 Å². The third-order valence-electron chi connectivity index (χ3n) is 5.15. The molecule has 3 aromatic heterocycles. The minimum Gasteiger partial charge on any atom is -0.344 e. The number of benzene rings is 1. The number of nitrogens with one attached hydrogen (secondary N) is 1. The molecule has 4 rings (SSSR count). The van der Waals surface area contributed by atoms with Crippen molar-refractivity contribution < 1.29 is 26.4 Å². The zero-order valence-corrected chi connectivity index (χ0v) is 20.3. The topological polar surface area (TPSA) is 115 Å². The summed E-state index contributed by atoms with van der Waals surface area (Å²) in [4.78, 5) is 29.6. The average Bonchev–Trinajstić information content (AvgIpc) is 2.82. The molecule has 0 spiro atoms. The maximum atomic E-state index is 13.8. The number of pyridine rings is 2. The molecular formula is C23H17ClF3N5O3S. The maximum Gasteiger partial charge on any atom is 0.348 e.